The van der Waals surface area contributed by atoms with Gasteiger partial charge in [-0.2, -0.15) is 0 Å². The summed E-state index contributed by atoms with van der Waals surface area (Å²) in [5.74, 6) is 0. The highest BCUT2D eigenvalue weighted by Gasteiger charge is 2.15. The molecule has 2 nitrogen and oxygen atoms in total. The first-order valence-electron chi connectivity index (χ1n) is 6.84. The highest BCUT2D eigenvalue weighted by atomic mass is 32.1. The van der Waals surface area contributed by atoms with Crippen LogP contribution in [0.1, 0.15) is 29.0 Å². The van der Waals surface area contributed by atoms with E-state index in [1.807, 2.05) is 11.3 Å². The van der Waals surface area contributed by atoms with E-state index in [-0.39, 0.29) is 0 Å². The Morgan fingerprint density at radius 2 is 2.26 bits per heavy atom. The van der Waals surface area contributed by atoms with Crippen molar-refractivity contribution >= 4 is 17.0 Å². The Balaban J connectivity index is 1.65. The number of nitrogens with one attached hydrogen (secondary N) is 1. The van der Waals surface area contributed by atoms with Crippen molar-refractivity contribution in [2.75, 3.05) is 18.5 Å². The summed E-state index contributed by atoms with van der Waals surface area (Å²) in [7, 11) is 2.17. The van der Waals surface area contributed by atoms with Crippen molar-refractivity contribution in [2.45, 2.75) is 25.9 Å². The van der Waals surface area contributed by atoms with Crippen molar-refractivity contribution in [1.29, 1.82) is 0 Å². The van der Waals surface area contributed by atoms with Gasteiger partial charge in [0, 0.05) is 36.7 Å². The minimum atomic E-state index is 0.427. The third-order valence-electron chi connectivity index (χ3n) is 3.85. The van der Waals surface area contributed by atoms with Crippen molar-refractivity contribution in [3.05, 3.63) is 51.7 Å². The van der Waals surface area contributed by atoms with Gasteiger partial charge in [0.05, 0.1) is 0 Å². The number of anilines is 1. The fraction of sp³-hybridized carbons (Fsp3) is 0.375. The van der Waals surface area contributed by atoms with Gasteiger partial charge in [-0.25, -0.2) is 0 Å². The molecular formula is C16H20N2S. The zero-order chi connectivity index (χ0) is 13.2. The van der Waals surface area contributed by atoms with Gasteiger partial charge in [-0.05, 0) is 42.0 Å². The van der Waals surface area contributed by atoms with Crippen molar-refractivity contribution < 1.29 is 0 Å². The first-order chi connectivity index (χ1) is 9.24. The van der Waals surface area contributed by atoms with E-state index in [2.05, 4.69) is 59.9 Å². The average molecular weight is 272 g/mol. The lowest BCUT2D eigenvalue weighted by molar-refractivity contribution is 0.583. The quantitative estimate of drug-likeness (QED) is 0.915. The molecular weight excluding hydrogens is 252 g/mol. The fourth-order valence-electron chi connectivity index (χ4n) is 2.64. The fourth-order valence-corrected chi connectivity index (χ4v) is 3.40. The first kappa shape index (κ1) is 12.7. The Labute approximate surface area is 119 Å². The van der Waals surface area contributed by atoms with Gasteiger partial charge < -0.3 is 10.2 Å². The topological polar surface area (TPSA) is 15.3 Å². The van der Waals surface area contributed by atoms with Crippen LogP contribution in [0.5, 0.6) is 0 Å². The summed E-state index contributed by atoms with van der Waals surface area (Å²) in [6.07, 6.45) is 1.18. The Hall–Kier alpha value is -1.32. The van der Waals surface area contributed by atoms with Crippen molar-refractivity contribution in [1.82, 2.24) is 5.32 Å². The van der Waals surface area contributed by atoms with Crippen LogP contribution in [0.3, 0.4) is 0 Å². The highest BCUT2D eigenvalue weighted by Crippen LogP contribution is 2.27. The standard InChI is InChI=1S/C16H20N2S/c1-12(16-4-3-9-19-16)17-11-13-5-6-15-14(10-13)7-8-18(15)2/h3-6,9-10,12,17H,7-8,11H2,1-2H3. The van der Waals surface area contributed by atoms with Gasteiger partial charge in [0.1, 0.15) is 0 Å². The molecule has 2 heterocycles. The lowest BCUT2D eigenvalue weighted by atomic mass is 10.1. The second kappa shape index (κ2) is 5.35. The number of fused-ring (bicyclic) bond motifs is 1. The molecule has 0 fully saturated rings. The molecule has 3 rings (SSSR count). The summed E-state index contributed by atoms with van der Waals surface area (Å²) in [6.45, 7) is 4.32. The van der Waals surface area contributed by atoms with Crippen LogP contribution in [-0.4, -0.2) is 13.6 Å². The summed E-state index contributed by atoms with van der Waals surface area (Å²) in [6, 6.07) is 11.6. The summed E-state index contributed by atoms with van der Waals surface area (Å²) in [4.78, 5) is 3.74. The maximum absolute atomic E-state index is 3.60. The van der Waals surface area contributed by atoms with E-state index in [0.717, 1.165) is 13.1 Å². The Morgan fingerprint density at radius 1 is 1.37 bits per heavy atom. The second-order valence-corrected chi connectivity index (χ2v) is 6.23. The monoisotopic (exact) mass is 272 g/mol. The number of benzene rings is 1. The Bertz CT molecular complexity index is 548. The maximum atomic E-state index is 3.60. The molecule has 1 N–H and O–H groups in total. The summed E-state index contributed by atoms with van der Waals surface area (Å²) in [5.41, 5.74) is 4.28. The molecule has 0 amide bonds. The van der Waals surface area contributed by atoms with E-state index in [4.69, 9.17) is 0 Å². The van der Waals surface area contributed by atoms with Gasteiger partial charge in [-0.15, -0.1) is 11.3 Å². The predicted molar refractivity (Wildman–Crippen MR) is 83.0 cm³/mol. The van der Waals surface area contributed by atoms with Gasteiger partial charge in [0.15, 0.2) is 0 Å². The van der Waals surface area contributed by atoms with Crippen LogP contribution in [0.4, 0.5) is 5.69 Å². The largest absolute Gasteiger partial charge is 0.374 e. The third-order valence-corrected chi connectivity index (χ3v) is 4.91. The molecule has 0 spiro atoms. The zero-order valence-corrected chi connectivity index (χ0v) is 12.3. The Kier molecular flexibility index (Phi) is 3.58. The smallest absolute Gasteiger partial charge is 0.0397 e. The maximum Gasteiger partial charge on any atom is 0.0397 e. The van der Waals surface area contributed by atoms with Crippen LogP contribution in [0.2, 0.25) is 0 Å². The number of rotatable bonds is 4. The van der Waals surface area contributed by atoms with E-state index in [0.29, 0.717) is 6.04 Å². The SMILES string of the molecule is CC(NCc1ccc2c(c1)CCN2C)c1cccs1. The lowest BCUT2D eigenvalue weighted by Gasteiger charge is -2.14. The minimum Gasteiger partial charge on any atom is -0.374 e. The molecule has 2 aromatic rings. The molecule has 1 aromatic heterocycles. The number of likely N-dealkylation sites (N-methyl/N-ethyl adjacent to an activating group) is 1. The normalized spacial score (nSPS) is 15.6. The van der Waals surface area contributed by atoms with Gasteiger partial charge in [-0.3, -0.25) is 0 Å². The van der Waals surface area contributed by atoms with E-state index in [9.17, 15) is 0 Å². The molecule has 1 aromatic carbocycles. The van der Waals surface area contributed by atoms with Crippen molar-refractivity contribution in [3.63, 3.8) is 0 Å². The number of nitrogens with zero attached hydrogens (tertiary/aromatic N) is 1. The average Bonchev–Trinajstić information content (AvgIpc) is 3.06. The van der Waals surface area contributed by atoms with Gasteiger partial charge >= 0.3 is 0 Å². The molecule has 0 radical (unpaired) electrons. The summed E-state index contributed by atoms with van der Waals surface area (Å²) < 4.78 is 0. The molecule has 0 saturated carbocycles. The Morgan fingerprint density at radius 3 is 3.05 bits per heavy atom. The van der Waals surface area contributed by atoms with Gasteiger partial charge in [-0.1, -0.05) is 18.2 Å². The molecule has 3 heteroatoms. The van der Waals surface area contributed by atoms with Crippen molar-refractivity contribution in [3.8, 4) is 0 Å². The van der Waals surface area contributed by atoms with Crippen LogP contribution in [-0.2, 0) is 13.0 Å². The van der Waals surface area contributed by atoms with Crippen LogP contribution in [0.25, 0.3) is 0 Å². The lowest BCUT2D eigenvalue weighted by Crippen LogP contribution is -2.17. The molecule has 0 bridgehead atoms. The van der Waals surface area contributed by atoms with Crippen LogP contribution >= 0.6 is 11.3 Å². The summed E-state index contributed by atoms with van der Waals surface area (Å²) in [5, 5.41) is 5.74. The molecule has 1 unspecified atom stereocenters. The van der Waals surface area contributed by atoms with Gasteiger partial charge in [0.25, 0.3) is 0 Å². The molecule has 19 heavy (non-hydrogen) atoms. The van der Waals surface area contributed by atoms with Gasteiger partial charge in [0.2, 0.25) is 0 Å². The molecule has 0 saturated heterocycles. The van der Waals surface area contributed by atoms with Crippen molar-refractivity contribution in [2.24, 2.45) is 0 Å². The second-order valence-electron chi connectivity index (χ2n) is 5.25. The third kappa shape index (κ3) is 2.67. The molecule has 0 aliphatic carbocycles. The summed E-state index contributed by atoms with van der Waals surface area (Å²) >= 11 is 1.82. The first-order valence-corrected chi connectivity index (χ1v) is 7.72. The minimum absolute atomic E-state index is 0.427. The van der Waals surface area contributed by atoms with E-state index < -0.39 is 0 Å². The van der Waals surface area contributed by atoms with Crippen LogP contribution < -0.4 is 10.2 Å². The van der Waals surface area contributed by atoms with E-state index in [1.165, 1.54) is 28.1 Å². The molecule has 1 aliphatic heterocycles. The number of hydrogen-bond acceptors (Lipinski definition) is 3. The predicted octanol–water partition coefficient (Wildman–Crippen LogP) is 3.59. The number of hydrogen-bond donors (Lipinski definition) is 1. The van der Waals surface area contributed by atoms with E-state index in [1.54, 1.807) is 0 Å². The molecule has 1 aliphatic rings. The zero-order valence-electron chi connectivity index (χ0n) is 11.5. The molecule has 1 atom stereocenters. The number of thiophene rings is 1. The van der Waals surface area contributed by atoms with Crippen LogP contribution in [0, 0.1) is 0 Å². The molecule has 100 valence electrons. The van der Waals surface area contributed by atoms with E-state index >= 15 is 0 Å². The highest BCUT2D eigenvalue weighted by molar-refractivity contribution is 7.10. The van der Waals surface area contributed by atoms with Crippen LogP contribution in [0.15, 0.2) is 35.7 Å².